The fraction of sp³-hybridized carbons (Fsp3) is 0.467. The number of benzene rings is 1. The Labute approximate surface area is 111 Å². The van der Waals surface area contributed by atoms with Crippen LogP contribution in [0.1, 0.15) is 17.5 Å². The van der Waals surface area contributed by atoms with E-state index in [1.807, 2.05) is 0 Å². The lowest BCUT2D eigenvalue weighted by Crippen LogP contribution is -2.60. The van der Waals surface area contributed by atoms with Gasteiger partial charge < -0.3 is 20.1 Å². The second-order valence-electron chi connectivity index (χ2n) is 5.66. The van der Waals surface area contributed by atoms with Gasteiger partial charge in [-0.2, -0.15) is 0 Å². The van der Waals surface area contributed by atoms with Gasteiger partial charge in [0.25, 0.3) is 0 Å². The Morgan fingerprint density at radius 1 is 1.42 bits per heavy atom. The Morgan fingerprint density at radius 3 is 3.16 bits per heavy atom. The minimum absolute atomic E-state index is 0.231. The molecule has 100 valence electrons. The maximum Gasteiger partial charge on any atom is 0.111 e. The monoisotopic (exact) mass is 258 g/mol. The largest absolute Gasteiger partial charge is 0.392 e. The molecule has 2 aliphatic rings. The summed E-state index contributed by atoms with van der Waals surface area (Å²) in [7, 11) is 1.75. The lowest BCUT2D eigenvalue weighted by molar-refractivity contribution is -0.100. The second kappa shape index (κ2) is 3.82. The van der Waals surface area contributed by atoms with E-state index in [1.54, 1.807) is 7.11 Å². The molecule has 0 saturated carbocycles. The van der Waals surface area contributed by atoms with Crippen molar-refractivity contribution in [2.45, 2.75) is 30.6 Å². The third-order valence-corrected chi connectivity index (χ3v) is 4.73. The second-order valence-corrected chi connectivity index (χ2v) is 5.66. The molecule has 0 spiro atoms. The van der Waals surface area contributed by atoms with Crippen LogP contribution in [0.4, 0.5) is 0 Å². The first-order valence-electron chi connectivity index (χ1n) is 6.80. The van der Waals surface area contributed by atoms with E-state index in [2.05, 4.69) is 34.7 Å². The van der Waals surface area contributed by atoms with E-state index in [1.165, 1.54) is 16.5 Å². The fourth-order valence-electron chi connectivity index (χ4n) is 3.87. The zero-order chi connectivity index (χ0) is 13.0. The first-order valence-corrected chi connectivity index (χ1v) is 6.80. The standard InChI is InChI=1S/C15H18N2O2/c1-19-15-6-10(18)8-17-13(15)5-9-7-16-12-4-2-3-11(15)14(9)12/h2-4,7,10,13,16-18H,5-6,8H2,1H3/t10?,13-,15+/m1/s1. The van der Waals surface area contributed by atoms with Crippen LogP contribution in [0.25, 0.3) is 10.9 Å². The maximum atomic E-state index is 10.0. The summed E-state index contributed by atoms with van der Waals surface area (Å²) in [6, 6.07) is 6.52. The van der Waals surface area contributed by atoms with Crippen molar-refractivity contribution in [2.24, 2.45) is 0 Å². The predicted octanol–water partition coefficient (Wildman–Crippen LogP) is 1.29. The zero-order valence-electron chi connectivity index (χ0n) is 10.9. The zero-order valence-corrected chi connectivity index (χ0v) is 10.9. The summed E-state index contributed by atoms with van der Waals surface area (Å²) < 4.78 is 5.93. The Kier molecular flexibility index (Phi) is 2.31. The Hall–Kier alpha value is -1.36. The molecule has 0 bridgehead atoms. The first-order chi connectivity index (χ1) is 9.24. The number of aromatic nitrogens is 1. The fourth-order valence-corrected chi connectivity index (χ4v) is 3.87. The highest BCUT2D eigenvalue weighted by Gasteiger charge is 2.49. The van der Waals surface area contributed by atoms with Crippen molar-refractivity contribution in [3.63, 3.8) is 0 Å². The van der Waals surface area contributed by atoms with Gasteiger partial charge in [-0.1, -0.05) is 12.1 Å². The molecule has 4 rings (SSSR count). The number of aromatic amines is 1. The van der Waals surface area contributed by atoms with Gasteiger partial charge in [0.05, 0.1) is 6.10 Å². The van der Waals surface area contributed by atoms with Gasteiger partial charge in [0.1, 0.15) is 5.60 Å². The van der Waals surface area contributed by atoms with E-state index in [0.29, 0.717) is 13.0 Å². The highest BCUT2D eigenvalue weighted by Crippen LogP contribution is 2.45. The number of hydrogen-bond donors (Lipinski definition) is 3. The van der Waals surface area contributed by atoms with Crippen molar-refractivity contribution >= 4 is 10.9 Å². The van der Waals surface area contributed by atoms with E-state index in [-0.39, 0.29) is 12.1 Å². The molecule has 1 saturated heterocycles. The highest BCUT2D eigenvalue weighted by atomic mass is 16.5. The van der Waals surface area contributed by atoms with Gasteiger partial charge in [-0.15, -0.1) is 0 Å². The molecular weight excluding hydrogens is 240 g/mol. The number of aliphatic hydroxyl groups excluding tert-OH is 1. The van der Waals surface area contributed by atoms with E-state index < -0.39 is 5.60 Å². The molecule has 1 fully saturated rings. The quantitative estimate of drug-likeness (QED) is 0.722. The number of piperidine rings is 1. The van der Waals surface area contributed by atoms with Gasteiger partial charge in [0, 0.05) is 43.2 Å². The van der Waals surface area contributed by atoms with Crippen LogP contribution < -0.4 is 5.32 Å². The molecule has 1 aliphatic carbocycles. The Morgan fingerprint density at radius 2 is 2.32 bits per heavy atom. The summed E-state index contributed by atoms with van der Waals surface area (Å²) in [5.74, 6) is 0. The summed E-state index contributed by atoms with van der Waals surface area (Å²) in [4.78, 5) is 3.34. The molecule has 2 aromatic rings. The number of hydrogen-bond acceptors (Lipinski definition) is 3. The molecule has 3 atom stereocenters. The van der Waals surface area contributed by atoms with Crippen LogP contribution in [0.15, 0.2) is 24.4 Å². The van der Waals surface area contributed by atoms with Gasteiger partial charge >= 0.3 is 0 Å². The summed E-state index contributed by atoms with van der Waals surface area (Å²) in [5, 5.41) is 14.8. The van der Waals surface area contributed by atoms with Crippen molar-refractivity contribution in [1.29, 1.82) is 0 Å². The van der Waals surface area contributed by atoms with Gasteiger partial charge in [-0.05, 0) is 23.6 Å². The number of β-amino-alcohol motifs (C(OH)–C–C–N with tert-alkyl or cyclic N) is 1. The van der Waals surface area contributed by atoms with E-state index in [9.17, 15) is 5.11 Å². The molecular formula is C15H18N2O2. The average molecular weight is 258 g/mol. The number of nitrogens with one attached hydrogen (secondary N) is 2. The van der Waals surface area contributed by atoms with Crippen molar-refractivity contribution < 1.29 is 9.84 Å². The van der Waals surface area contributed by atoms with Crippen LogP contribution in [0.3, 0.4) is 0 Å². The summed E-state index contributed by atoms with van der Waals surface area (Å²) in [5.41, 5.74) is 3.28. The number of methoxy groups -OCH3 is 1. The lowest BCUT2D eigenvalue weighted by atomic mass is 9.71. The Bertz CT molecular complexity index is 636. The third kappa shape index (κ3) is 1.39. The number of fused-ring (bicyclic) bond motifs is 2. The van der Waals surface area contributed by atoms with Gasteiger partial charge in [-0.3, -0.25) is 0 Å². The van der Waals surface area contributed by atoms with Crippen LogP contribution in [-0.2, 0) is 16.8 Å². The van der Waals surface area contributed by atoms with Gasteiger partial charge in [0.2, 0.25) is 0 Å². The molecule has 0 amide bonds. The number of ether oxygens (including phenoxy) is 1. The highest BCUT2D eigenvalue weighted by molar-refractivity contribution is 5.88. The molecule has 2 heterocycles. The lowest BCUT2D eigenvalue weighted by Gasteiger charge is -2.48. The minimum Gasteiger partial charge on any atom is -0.392 e. The van der Waals surface area contributed by atoms with Crippen molar-refractivity contribution in [1.82, 2.24) is 10.3 Å². The Balaban J connectivity index is 2.00. The SMILES string of the molecule is CO[C@]12CC(O)CN[C@@H]1Cc1c[nH]c3cccc2c13. The van der Waals surface area contributed by atoms with Gasteiger partial charge in [0.15, 0.2) is 0 Å². The molecule has 3 N–H and O–H groups in total. The molecule has 4 heteroatoms. The molecule has 4 nitrogen and oxygen atoms in total. The molecule has 1 unspecified atom stereocenters. The normalized spacial score (nSPS) is 33.4. The summed E-state index contributed by atoms with van der Waals surface area (Å²) >= 11 is 0. The summed E-state index contributed by atoms with van der Waals surface area (Å²) in [6.45, 7) is 0.644. The van der Waals surface area contributed by atoms with Crippen LogP contribution in [0.5, 0.6) is 0 Å². The van der Waals surface area contributed by atoms with Crippen molar-refractivity contribution in [2.75, 3.05) is 13.7 Å². The van der Waals surface area contributed by atoms with Crippen LogP contribution in [0.2, 0.25) is 0 Å². The topological polar surface area (TPSA) is 57.3 Å². The van der Waals surface area contributed by atoms with E-state index in [0.717, 1.165) is 11.9 Å². The van der Waals surface area contributed by atoms with Crippen molar-refractivity contribution in [3.05, 3.63) is 35.5 Å². The average Bonchev–Trinajstić information content (AvgIpc) is 2.84. The smallest absolute Gasteiger partial charge is 0.111 e. The molecule has 1 aromatic carbocycles. The van der Waals surface area contributed by atoms with E-state index >= 15 is 0 Å². The van der Waals surface area contributed by atoms with Gasteiger partial charge in [-0.25, -0.2) is 0 Å². The van der Waals surface area contributed by atoms with Crippen LogP contribution >= 0.6 is 0 Å². The molecule has 0 radical (unpaired) electrons. The number of aliphatic hydroxyl groups is 1. The number of H-pyrrole nitrogens is 1. The third-order valence-electron chi connectivity index (χ3n) is 4.73. The molecule has 1 aliphatic heterocycles. The predicted molar refractivity (Wildman–Crippen MR) is 73.1 cm³/mol. The van der Waals surface area contributed by atoms with Crippen molar-refractivity contribution in [3.8, 4) is 0 Å². The van der Waals surface area contributed by atoms with Crippen LogP contribution in [-0.4, -0.2) is 35.9 Å². The van der Waals surface area contributed by atoms with Crippen LogP contribution in [0, 0.1) is 0 Å². The molecule has 1 aromatic heterocycles. The molecule has 19 heavy (non-hydrogen) atoms. The minimum atomic E-state index is -0.410. The summed E-state index contributed by atoms with van der Waals surface area (Å²) in [6.07, 6.45) is 3.34. The number of rotatable bonds is 1. The van der Waals surface area contributed by atoms with E-state index in [4.69, 9.17) is 4.74 Å². The first kappa shape index (κ1) is 11.5. The maximum absolute atomic E-state index is 10.0.